The first-order valence-electron chi connectivity index (χ1n) is 13.0. The molecule has 0 radical (unpaired) electrons. The molecule has 2 aromatic carbocycles. The van der Waals surface area contributed by atoms with Crippen LogP contribution < -0.4 is 0 Å². The number of thioether (sulfide) groups is 1. The van der Waals surface area contributed by atoms with Crippen molar-refractivity contribution < 1.29 is 19.6 Å². The number of nitro groups is 1. The first-order chi connectivity index (χ1) is 18.4. The summed E-state index contributed by atoms with van der Waals surface area (Å²) in [6, 6.07) is 16.6. The van der Waals surface area contributed by atoms with Crippen molar-refractivity contribution in [3.63, 3.8) is 0 Å². The van der Waals surface area contributed by atoms with E-state index in [2.05, 4.69) is 29.2 Å². The number of carbonyl (C=O) groups is 1. The van der Waals surface area contributed by atoms with Crippen LogP contribution in [0.1, 0.15) is 30.9 Å². The number of benzene rings is 2. The van der Waals surface area contributed by atoms with E-state index in [-0.39, 0.29) is 34.5 Å². The van der Waals surface area contributed by atoms with Crippen molar-refractivity contribution in [1.29, 1.82) is 0 Å². The van der Waals surface area contributed by atoms with Crippen LogP contribution in [-0.4, -0.2) is 61.9 Å². The van der Waals surface area contributed by atoms with Gasteiger partial charge in [-0.25, -0.2) is 0 Å². The third kappa shape index (κ3) is 5.36. The molecule has 5 rings (SSSR count). The molecule has 4 atom stereocenters. The number of amides is 1. The van der Waals surface area contributed by atoms with Crippen molar-refractivity contribution in [2.45, 2.75) is 44.3 Å². The van der Waals surface area contributed by atoms with Gasteiger partial charge < -0.3 is 14.7 Å². The minimum Gasteiger partial charge on any atom is -0.477 e. The Balaban J connectivity index is 1.30. The molecule has 0 saturated carbocycles. The maximum Gasteiger partial charge on any atom is 0.269 e. The Bertz CT molecular complexity index is 1240. The van der Waals surface area contributed by atoms with Crippen LogP contribution in [0, 0.1) is 22.0 Å². The fourth-order valence-electron chi connectivity index (χ4n) is 5.36. The van der Waals surface area contributed by atoms with Gasteiger partial charge in [0.1, 0.15) is 17.7 Å². The van der Waals surface area contributed by atoms with Crippen LogP contribution in [0.4, 0.5) is 5.69 Å². The molecule has 1 N–H and O–H groups in total. The summed E-state index contributed by atoms with van der Waals surface area (Å²) in [5.41, 5.74) is 2.75. The number of likely N-dealkylation sites (tertiary alicyclic amines) is 1. The summed E-state index contributed by atoms with van der Waals surface area (Å²) in [5, 5.41) is 21.5. The number of hydrogen-bond donors (Lipinski definition) is 1. The SMILES string of the molecule is CC[C@H](O)[C@@H]1C(=O)N2C(C(=S)OCc3ccc([N+](=O)[O-])cc3)=C([C@H]3CCN(CCc4ccccc4)C3)S[C@H]12. The quantitative estimate of drug-likeness (QED) is 0.199. The Morgan fingerprint density at radius 3 is 2.63 bits per heavy atom. The van der Waals surface area contributed by atoms with E-state index < -0.39 is 16.9 Å². The Labute approximate surface area is 231 Å². The van der Waals surface area contributed by atoms with Crippen molar-refractivity contribution in [2.24, 2.45) is 11.8 Å². The lowest BCUT2D eigenvalue weighted by Crippen LogP contribution is -2.61. The second-order valence-electron chi connectivity index (χ2n) is 9.95. The number of hydrogen-bond acceptors (Lipinski definition) is 8. The Morgan fingerprint density at radius 2 is 1.95 bits per heavy atom. The van der Waals surface area contributed by atoms with Crippen molar-refractivity contribution in [1.82, 2.24) is 9.80 Å². The first kappa shape index (κ1) is 26.8. The van der Waals surface area contributed by atoms with Crippen LogP contribution in [0.15, 0.2) is 65.2 Å². The lowest BCUT2D eigenvalue weighted by Gasteiger charge is -2.44. The van der Waals surface area contributed by atoms with E-state index in [9.17, 15) is 20.0 Å². The van der Waals surface area contributed by atoms with Crippen LogP contribution in [0.25, 0.3) is 0 Å². The minimum absolute atomic E-state index is 0.0149. The number of aliphatic hydroxyl groups is 1. The Hall–Kier alpha value is -2.79. The van der Waals surface area contributed by atoms with Gasteiger partial charge in [-0.2, -0.15) is 0 Å². The van der Waals surface area contributed by atoms with Crippen LogP contribution in [-0.2, 0) is 22.6 Å². The summed E-state index contributed by atoms with van der Waals surface area (Å²) in [5.74, 6) is -0.308. The number of fused-ring (bicyclic) bond motifs is 1. The van der Waals surface area contributed by atoms with Crippen molar-refractivity contribution in [3.8, 4) is 0 Å². The molecule has 10 heteroatoms. The smallest absolute Gasteiger partial charge is 0.269 e. The van der Waals surface area contributed by atoms with Gasteiger partial charge in [0.05, 0.1) is 16.9 Å². The van der Waals surface area contributed by atoms with E-state index >= 15 is 0 Å². The molecule has 2 aromatic rings. The van der Waals surface area contributed by atoms with Gasteiger partial charge in [-0.15, -0.1) is 11.8 Å². The Kier molecular flexibility index (Phi) is 8.13. The number of β-lactam (4-membered cyclic amide) rings is 1. The number of nitro benzene ring substituents is 1. The fraction of sp³-hybridized carbons (Fsp3) is 0.429. The van der Waals surface area contributed by atoms with Crippen molar-refractivity contribution in [2.75, 3.05) is 19.6 Å². The summed E-state index contributed by atoms with van der Waals surface area (Å²) >= 11 is 7.36. The van der Waals surface area contributed by atoms with E-state index in [1.807, 2.05) is 13.0 Å². The number of nitrogens with zero attached hydrogens (tertiary/aromatic N) is 3. The highest BCUT2D eigenvalue weighted by Gasteiger charge is 2.58. The highest BCUT2D eigenvalue weighted by Crippen LogP contribution is 2.54. The van der Waals surface area contributed by atoms with E-state index in [1.54, 1.807) is 28.8 Å². The molecule has 3 heterocycles. The summed E-state index contributed by atoms with van der Waals surface area (Å²) < 4.78 is 5.98. The normalized spacial score (nSPS) is 23.8. The highest BCUT2D eigenvalue weighted by molar-refractivity contribution is 8.04. The second-order valence-corrected chi connectivity index (χ2v) is 11.5. The number of aliphatic hydroxyl groups excluding tert-OH is 1. The predicted molar refractivity (Wildman–Crippen MR) is 150 cm³/mol. The number of ether oxygens (including phenoxy) is 1. The van der Waals surface area contributed by atoms with Gasteiger partial charge in [-0.3, -0.25) is 19.8 Å². The molecule has 0 aliphatic carbocycles. The zero-order valence-electron chi connectivity index (χ0n) is 21.2. The van der Waals surface area contributed by atoms with Gasteiger partial charge in [0, 0.05) is 36.0 Å². The molecule has 0 aromatic heterocycles. The topological polar surface area (TPSA) is 96.1 Å². The molecule has 2 fully saturated rings. The maximum atomic E-state index is 13.1. The average molecular weight is 554 g/mol. The zero-order valence-corrected chi connectivity index (χ0v) is 22.8. The van der Waals surface area contributed by atoms with Gasteiger partial charge >= 0.3 is 0 Å². The van der Waals surface area contributed by atoms with Gasteiger partial charge in [0.15, 0.2) is 0 Å². The largest absolute Gasteiger partial charge is 0.477 e. The molecule has 200 valence electrons. The van der Waals surface area contributed by atoms with Crippen molar-refractivity contribution >= 4 is 40.6 Å². The molecule has 3 aliphatic heterocycles. The second kappa shape index (κ2) is 11.5. The molecule has 1 amide bonds. The third-order valence-corrected chi connectivity index (χ3v) is 9.39. The maximum absolute atomic E-state index is 13.1. The van der Waals surface area contributed by atoms with Gasteiger partial charge in [0.25, 0.3) is 5.69 Å². The average Bonchev–Trinajstić information content (AvgIpc) is 3.54. The zero-order chi connectivity index (χ0) is 26.8. The number of carbonyl (C=O) groups excluding carboxylic acids is 1. The highest BCUT2D eigenvalue weighted by atomic mass is 32.2. The third-order valence-electron chi connectivity index (χ3n) is 7.55. The monoisotopic (exact) mass is 553 g/mol. The molecule has 2 saturated heterocycles. The number of non-ortho nitro benzene ring substituents is 1. The van der Waals surface area contributed by atoms with Crippen LogP contribution >= 0.6 is 24.0 Å². The van der Waals surface area contributed by atoms with E-state index in [1.165, 1.54) is 17.7 Å². The van der Waals surface area contributed by atoms with E-state index in [0.717, 1.165) is 42.9 Å². The van der Waals surface area contributed by atoms with Gasteiger partial charge in [-0.05, 0) is 61.3 Å². The Morgan fingerprint density at radius 1 is 1.21 bits per heavy atom. The van der Waals surface area contributed by atoms with E-state index in [4.69, 9.17) is 17.0 Å². The summed E-state index contributed by atoms with van der Waals surface area (Å²) in [6.07, 6.45) is 1.80. The molecule has 0 bridgehead atoms. The molecular weight excluding hydrogens is 522 g/mol. The van der Waals surface area contributed by atoms with Gasteiger partial charge in [-0.1, -0.05) is 37.3 Å². The first-order valence-corrected chi connectivity index (χ1v) is 14.2. The minimum atomic E-state index is -0.683. The van der Waals surface area contributed by atoms with Crippen molar-refractivity contribution in [3.05, 3.63) is 86.4 Å². The summed E-state index contributed by atoms with van der Waals surface area (Å²) in [7, 11) is 0. The van der Waals surface area contributed by atoms with Crippen LogP contribution in [0.5, 0.6) is 0 Å². The fourth-order valence-corrected chi connectivity index (χ4v) is 7.40. The predicted octanol–water partition coefficient (Wildman–Crippen LogP) is 4.52. The van der Waals surface area contributed by atoms with Crippen LogP contribution in [0.2, 0.25) is 0 Å². The summed E-state index contributed by atoms with van der Waals surface area (Å²) in [4.78, 5) is 28.9. The lowest BCUT2D eigenvalue weighted by molar-refractivity contribution is -0.384. The molecule has 0 spiro atoms. The number of rotatable bonds is 10. The summed E-state index contributed by atoms with van der Waals surface area (Å²) in [6.45, 7) is 4.87. The van der Waals surface area contributed by atoms with Gasteiger partial charge in [0.2, 0.25) is 11.0 Å². The van der Waals surface area contributed by atoms with E-state index in [0.29, 0.717) is 12.1 Å². The standard InChI is InChI=1S/C28H31N3O5S2/c1-2-22(32)23-26(33)30-24(28(37)36-17-19-8-10-21(11-9-19)31(34)35)25(38-27(23)30)20-13-15-29(16-20)14-12-18-6-4-3-5-7-18/h3-11,20,22-23,27,32H,2,12-17H2,1H3/t20-,22-,23+,27+/m0/s1. The molecule has 38 heavy (non-hydrogen) atoms. The molecular formula is C28H31N3O5S2. The molecule has 3 aliphatic rings. The lowest BCUT2D eigenvalue weighted by atomic mass is 9.89. The number of thiocarbonyl (C=S) groups is 1. The molecule has 8 nitrogen and oxygen atoms in total. The van der Waals surface area contributed by atoms with Crippen LogP contribution in [0.3, 0.4) is 0 Å². The molecule has 0 unspecified atom stereocenters.